The summed E-state index contributed by atoms with van der Waals surface area (Å²) in [5, 5.41) is 2.37. The summed E-state index contributed by atoms with van der Waals surface area (Å²) in [6.45, 7) is 0.178. The number of nitrogens with one attached hydrogen (secondary N) is 1. The molecule has 0 spiro atoms. The number of alkyl halides is 3. The number of anilines is 1. The maximum absolute atomic E-state index is 13.5. The van der Waals surface area contributed by atoms with Gasteiger partial charge in [-0.1, -0.05) is 12.1 Å². The highest BCUT2D eigenvalue weighted by Gasteiger charge is 2.31. The third-order valence-corrected chi connectivity index (χ3v) is 3.55. The van der Waals surface area contributed by atoms with E-state index in [1.807, 2.05) is 0 Å². The topological polar surface area (TPSA) is 56.8 Å². The minimum absolute atomic E-state index is 0.0158. The fraction of sp³-hybridized carbons (Fsp3) is 0.316. The van der Waals surface area contributed by atoms with Crippen LogP contribution in [0.3, 0.4) is 0 Å². The summed E-state index contributed by atoms with van der Waals surface area (Å²) >= 11 is 0. The summed E-state index contributed by atoms with van der Waals surface area (Å²) in [7, 11) is 1.45. The largest absolute Gasteiger partial charge is 0.490 e. The second-order valence-electron chi connectivity index (χ2n) is 5.63. The van der Waals surface area contributed by atoms with Gasteiger partial charge in [0.05, 0.1) is 30.9 Å². The van der Waals surface area contributed by atoms with Crippen LogP contribution >= 0.6 is 0 Å². The zero-order valence-corrected chi connectivity index (χ0v) is 15.0. The monoisotopic (exact) mass is 401 g/mol. The van der Waals surface area contributed by atoms with Crippen molar-refractivity contribution in [2.45, 2.75) is 12.6 Å². The molecule has 0 fully saturated rings. The van der Waals surface area contributed by atoms with E-state index in [2.05, 4.69) is 5.32 Å². The van der Waals surface area contributed by atoms with Gasteiger partial charge in [-0.3, -0.25) is 4.79 Å². The minimum atomic E-state index is -4.57. The molecule has 0 aliphatic carbocycles. The van der Waals surface area contributed by atoms with Gasteiger partial charge in [-0.05, 0) is 30.3 Å². The van der Waals surface area contributed by atoms with Crippen LogP contribution in [0.25, 0.3) is 0 Å². The zero-order valence-electron chi connectivity index (χ0n) is 15.0. The Hall–Kier alpha value is -2.81. The van der Waals surface area contributed by atoms with Crippen LogP contribution in [0, 0.1) is 5.82 Å². The van der Waals surface area contributed by atoms with Crippen molar-refractivity contribution in [1.29, 1.82) is 0 Å². The third-order valence-electron chi connectivity index (χ3n) is 3.55. The number of amides is 1. The van der Waals surface area contributed by atoms with E-state index < -0.39 is 23.5 Å². The number of carbonyl (C=O) groups excluding carboxylic acids is 1. The molecule has 0 heterocycles. The van der Waals surface area contributed by atoms with Gasteiger partial charge in [0.1, 0.15) is 12.4 Å². The molecule has 0 aliphatic heterocycles. The molecule has 2 aromatic rings. The van der Waals surface area contributed by atoms with Gasteiger partial charge in [-0.25, -0.2) is 4.39 Å². The molecule has 0 aliphatic rings. The van der Waals surface area contributed by atoms with Gasteiger partial charge in [0, 0.05) is 7.11 Å². The zero-order chi connectivity index (χ0) is 20.6. The Kier molecular flexibility index (Phi) is 7.62. The Morgan fingerprint density at radius 3 is 2.39 bits per heavy atom. The van der Waals surface area contributed by atoms with Crippen LogP contribution in [0.4, 0.5) is 23.2 Å². The van der Waals surface area contributed by atoms with Gasteiger partial charge < -0.3 is 19.5 Å². The molecular formula is C19H19F4NO4. The van der Waals surface area contributed by atoms with E-state index in [0.29, 0.717) is 0 Å². The van der Waals surface area contributed by atoms with Crippen LogP contribution in [0.5, 0.6) is 11.5 Å². The van der Waals surface area contributed by atoms with Gasteiger partial charge in [0.2, 0.25) is 5.91 Å². The van der Waals surface area contributed by atoms with E-state index in [9.17, 15) is 22.4 Å². The van der Waals surface area contributed by atoms with Crippen LogP contribution in [0.1, 0.15) is 12.0 Å². The first-order valence-corrected chi connectivity index (χ1v) is 8.31. The Morgan fingerprint density at radius 1 is 1.00 bits per heavy atom. The molecule has 0 bridgehead atoms. The van der Waals surface area contributed by atoms with E-state index in [1.165, 1.54) is 25.3 Å². The fourth-order valence-electron chi connectivity index (χ4n) is 2.19. The second kappa shape index (κ2) is 9.93. The van der Waals surface area contributed by atoms with Crippen molar-refractivity contribution >= 4 is 11.6 Å². The lowest BCUT2D eigenvalue weighted by Gasteiger charge is -2.15. The number of rotatable bonds is 9. The Morgan fingerprint density at radius 2 is 1.71 bits per heavy atom. The highest BCUT2D eigenvalue weighted by molar-refractivity contribution is 5.92. The van der Waals surface area contributed by atoms with E-state index in [-0.39, 0.29) is 43.4 Å². The highest BCUT2D eigenvalue weighted by Crippen LogP contribution is 2.35. The van der Waals surface area contributed by atoms with Crippen molar-refractivity contribution < 1.29 is 36.6 Å². The predicted molar refractivity (Wildman–Crippen MR) is 94.0 cm³/mol. The van der Waals surface area contributed by atoms with Crippen molar-refractivity contribution in [2.24, 2.45) is 0 Å². The number of methoxy groups -OCH3 is 1. The molecule has 2 aromatic carbocycles. The van der Waals surface area contributed by atoms with E-state index in [1.54, 1.807) is 6.07 Å². The fourth-order valence-corrected chi connectivity index (χ4v) is 2.19. The molecular weight excluding hydrogens is 382 g/mol. The molecule has 9 heteroatoms. The normalized spacial score (nSPS) is 11.2. The molecule has 1 N–H and O–H groups in total. The SMILES string of the molecule is COCCOc1ccc(C(F)(F)F)cc1NC(=O)CCOc1ccccc1F. The summed E-state index contributed by atoms with van der Waals surface area (Å²) < 4.78 is 67.6. The van der Waals surface area contributed by atoms with Crippen molar-refractivity contribution in [2.75, 3.05) is 32.2 Å². The van der Waals surface area contributed by atoms with Crippen LogP contribution < -0.4 is 14.8 Å². The molecule has 1 amide bonds. The number of carbonyl (C=O) groups is 1. The Labute approximate surface area is 159 Å². The molecule has 0 unspecified atom stereocenters. The van der Waals surface area contributed by atoms with Crippen molar-refractivity contribution in [3.63, 3.8) is 0 Å². The summed E-state index contributed by atoms with van der Waals surface area (Å²) in [5.41, 5.74) is -1.05. The molecule has 0 aromatic heterocycles. The number of para-hydroxylation sites is 1. The molecule has 0 saturated heterocycles. The van der Waals surface area contributed by atoms with Crippen LogP contribution in [-0.2, 0) is 15.7 Å². The minimum Gasteiger partial charge on any atom is -0.490 e. The van der Waals surface area contributed by atoms with Gasteiger partial charge in [0.25, 0.3) is 0 Å². The average Bonchev–Trinajstić information content (AvgIpc) is 2.64. The second-order valence-corrected chi connectivity index (χ2v) is 5.63. The molecule has 5 nitrogen and oxygen atoms in total. The molecule has 0 saturated carbocycles. The van der Waals surface area contributed by atoms with Gasteiger partial charge in [-0.15, -0.1) is 0 Å². The maximum atomic E-state index is 13.5. The van der Waals surface area contributed by atoms with Gasteiger partial charge in [0.15, 0.2) is 11.6 Å². The number of hydrogen-bond donors (Lipinski definition) is 1. The lowest BCUT2D eigenvalue weighted by Crippen LogP contribution is -2.17. The third kappa shape index (κ3) is 6.41. The molecule has 0 radical (unpaired) electrons. The van der Waals surface area contributed by atoms with Crippen molar-refractivity contribution in [1.82, 2.24) is 0 Å². The average molecular weight is 401 g/mol. The first-order valence-electron chi connectivity index (χ1n) is 8.31. The van der Waals surface area contributed by atoms with Crippen LogP contribution in [-0.4, -0.2) is 32.8 Å². The quantitative estimate of drug-likeness (QED) is 0.504. The summed E-state index contributed by atoms with van der Waals surface area (Å²) in [6.07, 6.45) is -4.76. The number of halogens is 4. The summed E-state index contributed by atoms with van der Waals surface area (Å²) in [4.78, 5) is 12.1. The first-order chi connectivity index (χ1) is 13.3. The Bertz CT molecular complexity index is 796. The lowest BCUT2D eigenvalue weighted by molar-refractivity contribution is -0.137. The predicted octanol–water partition coefficient (Wildman–Crippen LogP) is 4.28. The van der Waals surface area contributed by atoms with Gasteiger partial charge in [-0.2, -0.15) is 13.2 Å². The first kappa shape index (κ1) is 21.5. The summed E-state index contributed by atoms with van der Waals surface area (Å²) in [5.74, 6) is -1.12. The van der Waals surface area contributed by atoms with E-state index in [0.717, 1.165) is 18.2 Å². The molecule has 28 heavy (non-hydrogen) atoms. The number of hydrogen-bond acceptors (Lipinski definition) is 4. The standard InChI is InChI=1S/C19H19F4NO4/c1-26-10-11-28-17-7-6-13(19(21,22)23)12-15(17)24-18(25)8-9-27-16-5-3-2-4-14(16)20/h2-7,12H,8-11H2,1H3,(H,24,25). The number of ether oxygens (including phenoxy) is 3. The lowest BCUT2D eigenvalue weighted by atomic mass is 10.1. The summed E-state index contributed by atoms with van der Waals surface area (Å²) in [6, 6.07) is 8.46. The molecule has 2 rings (SSSR count). The van der Waals surface area contributed by atoms with Crippen LogP contribution in [0.2, 0.25) is 0 Å². The maximum Gasteiger partial charge on any atom is 0.416 e. The van der Waals surface area contributed by atoms with Gasteiger partial charge >= 0.3 is 6.18 Å². The van der Waals surface area contributed by atoms with Crippen molar-refractivity contribution in [3.05, 3.63) is 53.8 Å². The Balaban J connectivity index is 2.02. The van der Waals surface area contributed by atoms with Crippen LogP contribution in [0.15, 0.2) is 42.5 Å². The van der Waals surface area contributed by atoms with E-state index >= 15 is 0 Å². The van der Waals surface area contributed by atoms with Crippen molar-refractivity contribution in [3.8, 4) is 11.5 Å². The smallest absolute Gasteiger partial charge is 0.416 e. The molecule has 152 valence electrons. The molecule has 0 atom stereocenters. The number of benzene rings is 2. The highest BCUT2D eigenvalue weighted by atomic mass is 19.4. The van der Waals surface area contributed by atoms with E-state index in [4.69, 9.17) is 14.2 Å².